The van der Waals surface area contributed by atoms with Crippen molar-refractivity contribution in [2.45, 2.75) is 38.6 Å². The zero-order valence-corrected chi connectivity index (χ0v) is 14.4. The lowest BCUT2D eigenvalue weighted by Gasteiger charge is -2.29. The van der Waals surface area contributed by atoms with Gasteiger partial charge in [-0.05, 0) is 35.6 Å². The van der Waals surface area contributed by atoms with Gasteiger partial charge in [0.15, 0.2) is 17.8 Å². The summed E-state index contributed by atoms with van der Waals surface area (Å²) in [7, 11) is 0. The Morgan fingerprint density at radius 3 is 2.76 bits per heavy atom. The van der Waals surface area contributed by atoms with Crippen LogP contribution in [-0.4, -0.2) is 16.9 Å². The summed E-state index contributed by atoms with van der Waals surface area (Å²) >= 11 is 0. The van der Waals surface area contributed by atoms with Crippen molar-refractivity contribution in [1.82, 2.24) is 10.3 Å². The van der Waals surface area contributed by atoms with Gasteiger partial charge in [-0.1, -0.05) is 56.2 Å². The molecule has 0 saturated heterocycles. The smallest absolute Gasteiger partial charge is 0.274 e. The number of hydrogen-bond donors (Lipinski definition) is 1. The first kappa shape index (κ1) is 15.9. The molecule has 0 aliphatic heterocycles. The molecule has 4 rings (SSSR count). The summed E-state index contributed by atoms with van der Waals surface area (Å²) < 4.78 is 5.56. The van der Waals surface area contributed by atoms with Crippen molar-refractivity contribution in [2.75, 3.05) is 0 Å². The highest BCUT2D eigenvalue weighted by atomic mass is 16.3. The number of nitrogens with one attached hydrogen (secondary N) is 1. The molecule has 2 unspecified atom stereocenters. The summed E-state index contributed by atoms with van der Waals surface area (Å²) in [6.07, 6.45) is 5.98. The number of nitrogens with zero attached hydrogens (tertiary/aromatic N) is 1. The number of aromatic nitrogens is 1. The van der Waals surface area contributed by atoms with E-state index in [1.54, 1.807) is 0 Å². The third-order valence-electron chi connectivity index (χ3n) is 5.22. The molecule has 1 heterocycles. The molecule has 2 atom stereocenters. The Labute approximate surface area is 147 Å². The molecule has 3 aromatic rings. The van der Waals surface area contributed by atoms with Crippen LogP contribution < -0.4 is 5.32 Å². The van der Waals surface area contributed by atoms with Crippen molar-refractivity contribution < 1.29 is 9.21 Å². The van der Waals surface area contributed by atoms with E-state index in [0.717, 1.165) is 22.8 Å². The van der Waals surface area contributed by atoms with Crippen LogP contribution in [0.25, 0.3) is 22.1 Å². The molecule has 128 valence electrons. The molecule has 4 nitrogen and oxygen atoms in total. The first-order valence-electron chi connectivity index (χ1n) is 8.96. The Balaban J connectivity index is 1.61. The normalized spacial score (nSPS) is 20.5. The fraction of sp³-hybridized carbons (Fsp3) is 0.333. The largest absolute Gasteiger partial charge is 0.443 e. The zero-order valence-electron chi connectivity index (χ0n) is 14.4. The minimum absolute atomic E-state index is 0.143. The summed E-state index contributed by atoms with van der Waals surface area (Å²) in [5.74, 6) is 0.899. The average Bonchev–Trinajstić information content (AvgIpc) is 3.13. The van der Waals surface area contributed by atoms with Gasteiger partial charge in [0.1, 0.15) is 0 Å². The highest BCUT2D eigenvalue weighted by Gasteiger charge is 2.26. The fourth-order valence-electron chi connectivity index (χ4n) is 3.71. The summed E-state index contributed by atoms with van der Waals surface area (Å²) in [4.78, 5) is 16.9. The van der Waals surface area contributed by atoms with E-state index < -0.39 is 0 Å². The first-order chi connectivity index (χ1) is 12.2. The van der Waals surface area contributed by atoms with E-state index in [0.29, 0.717) is 17.4 Å². The molecular formula is C21H22N2O2. The summed E-state index contributed by atoms with van der Waals surface area (Å²) in [5, 5.41) is 5.43. The average molecular weight is 334 g/mol. The van der Waals surface area contributed by atoms with Crippen LogP contribution in [0, 0.1) is 5.92 Å². The molecule has 1 saturated carbocycles. The van der Waals surface area contributed by atoms with E-state index >= 15 is 0 Å². The lowest BCUT2D eigenvalue weighted by atomic mass is 9.86. The van der Waals surface area contributed by atoms with Crippen LogP contribution in [0.4, 0.5) is 0 Å². The van der Waals surface area contributed by atoms with Gasteiger partial charge in [-0.2, -0.15) is 0 Å². The minimum atomic E-state index is -0.143. The van der Waals surface area contributed by atoms with E-state index in [9.17, 15) is 4.79 Å². The van der Waals surface area contributed by atoms with Crippen LogP contribution in [-0.2, 0) is 0 Å². The molecule has 0 bridgehead atoms. The minimum Gasteiger partial charge on any atom is -0.443 e. The van der Waals surface area contributed by atoms with Gasteiger partial charge in [0, 0.05) is 11.6 Å². The van der Waals surface area contributed by atoms with Crippen LogP contribution in [0.3, 0.4) is 0 Å². The van der Waals surface area contributed by atoms with E-state index in [2.05, 4.69) is 29.4 Å². The molecule has 2 aromatic carbocycles. The Hall–Kier alpha value is -2.62. The van der Waals surface area contributed by atoms with Gasteiger partial charge in [-0.15, -0.1) is 0 Å². The van der Waals surface area contributed by atoms with Gasteiger partial charge in [-0.3, -0.25) is 4.79 Å². The van der Waals surface area contributed by atoms with E-state index in [1.165, 1.54) is 25.7 Å². The summed E-state index contributed by atoms with van der Waals surface area (Å²) in [6, 6.07) is 14.4. The number of amides is 1. The maximum absolute atomic E-state index is 12.7. The van der Waals surface area contributed by atoms with Crippen molar-refractivity contribution in [3.8, 4) is 11.3 Å². The van der Waals surface area contributed by atoms with Crippen molar-refractivity contribution in [2.24, 2.45) is 5.92 Å². The third-order valence-corrected chi connectivity index (χ3v) is 5.22. The lowest BCUT2D eigenvalue weighted by molar-refractivity contribution is 0.0906. The second kappa shape index (κ2) is 6.71. The Morgan fingerprint density at radius 1 is 1.12 bits per heavy atom. The van der Waals surface area contributed by atoms with Crippen LogP contribution in [0.2, 0.25) is 0 Å². The van der Waals surface area contributed by atoms with Crippen LogP contribution in [0.15, 0.2) is 53.3 Å². The van der Waals surface area contributed by atoms with Crippen molar-refractivity contribution in [3.63, 3.8) is 0 Å². The second-order valence-corrected chi connectivity index (χ2v) is 6.93. The Kier molecular flexibility index (Phi) is 4.26. The first-order valence-corrected chi connectivity index (χ1v) is 8.96. The number of fused-ring (bicyclic) bond motifs is 1. The van der Waals surface area contributed by atoms with E-state index in [4.69, 9.17) is 4.42 Å². The monoisotopic (exact) mass is 334 g/mol. The molecule has 1 N–H and O–H groups in total. The van der Waals surface area contributed by atoms with Gasteiger partial charge in [0.25, 0.3) is 5.91 Å². The van der Waals surface area contributed by atoms with Crippen LogP contribution in [0.1, 0.15) is 43.1 Å². The molecule has 0 spiro atoms. The predicted molar refractivity (Wildman–Crippen MR) is 98.3 cm³/mol. The van der Waals surface area contributed by atoms with Gasteiger partial charge in [-0.25, -0.2) is 4.98 Å². The maximum Gasteiger partial charge on any atom is 0.274 e. The number of carbonyl (C=O) groups excluding carboxylic acids is 1. The van der Waals surface area contributed by atoms with Crippen LogP contribution in [0.5, 0.6) is 0 Å². The van der Waals surface area contributed by atoms with Crippen molar-refractivity contribution in [3.05, 3.63) is 54.6 Å². The van der Waals surface area contributed by atoms with Gasteiger partial charge >= 0.3 is 0 Å². The number of oxazole rings is 1. The van der Waals surface area contributed by atoms with Gasteiger partial charge in [0.05, 0.1) is 0 Å². The molecule has 1 amide bonds. The quantitative estimate of drug-likeness (QED) is 0.748. The second-order valence-electron chi connectivity index (χ2n) is 6.93. The Morgan fingerprint density at radius 2 is 1.92 bits per heavy atom. The lowest BCUT2D eigenvalue weighted by Crippen LogP contribution is -2.41. The molecule has 1 aliphatic rings. The van der Waals surface area contributed by atoms with Gasteiger partial charge < -0.3 is 9.73 Å². The molecule has 0 radical (unpaired) electrons. The van der Waals surface area contributed by atoms with E-state index in [1.807, 2.05) is 30.3 Å². The number of hydrogen-bond acceptors (Lipinski definition) is 3. The standard InChI is InChI=1S/C21H22N2O2/c1-14-6-2-5-9-18(14)23-21(24)19-20(25-13-22-19)17-11-10-15-7-3-4-8-16(15)12-17/h3-4,7-8,10-14,18H,2,5-6,9H2,1H3,(H,23,24). The number of carbonyl (C=O) groups is 1. The maximum atomic E-state index is 12.7. The van der Waals surface area contributed by atoms with Crippen LogP contribution >= 0.6 is 0 Å². The Bertz CT molecular complexity index is 900. The predicted octanol–water partition coefficient (Wildman–Crippen LogP) is 4.80. The summed E-state index contributed by atoms with van der Waals surface area (Å²) in [5.41, 5.74) is 1.24. The van der Waals surface area contributed by atoms with Crippen molar-refractivity contribution >= 4 is 16.7 Å². The summed E-state index contributed by atoms with van der Waals surface area (Å²) in [6.45, 7) is 2.21. The van der Waals surface area contributed by atoms with Crippen molar-refractivity contribution in [1.29, 1.82) is 0 Å². The molecule has 25 heavy (non-hydrogen) atoms. The molecule has 1 aromatic heterocycles. The molecule has 1 aliphatic carbocycles. The highest BCUT2D eigenvalue weighted by Crippen LogP contribution is 2.28. The number of rotatable bonds is 3. The van der Waals surface area contributed by atoms with E-state index in [-0.39, 0.29) is 11.9 Å². The molecule has 1 fully saturated rings. The molecular weight excluding hydrogens is 312 g/mol. The highest BCUT2D eigenvalue weighted by molar-refractivity contribution is 5.98. The third kappa shape index (κ3) is 3.16. The SMILES string of the molecule is CC1CCCCC1NC(=O)c1ncoc1-c1ccc2ccccc2c1. The number of benzene rings is 2. The zero-order chi connectivity index (χ0) is 17.2. The topological polar surface area (TPSA) is 55.1 Å². The molecule has 4 heteroatoms. The van der Waals surface area contributed by atoms with Gasteiger partial charge in [0.2, 0.25) is 0 Å². The fourth-order valence-corrected chi connectivity index (χ4v) is 3.71.